The minimum atomic E-state index is -0.346. The van der Waals surface area contributed by atoms with Gasteiger partial charge in [-0.15, -0.1) is 0 Å². The molecule has 2 rings (SSSR count). The number of ether oxygens (including phenoxy) is 1. The number of nitrogens with zero attached hydrogens (tertiary/aromatic N) is 1. The molecule has 0 bridgehead atoms. The van der Waals surface area contributed by atoms with Gasteiger partial charge in [-0.05, 0) is 64.1 Å². The van der Waals surface area contributed by atoms with E-state index in [0.717, 1.165) is 5.69 Å². The molecule has 0 spiro atoms. The van der Waals surface area contributed by atoms with Crippen LogP contribution in [-0.4, -0.2) is 29.0 Å². The molecule has 0 saturated heterocycles. The highest BCUT2D eigenvalue weighted by Gasteiger charge is 2.15. The average molecular weight is 341 g/mol. The number of pyridine rings is 1. The highest BCUT2D eigenvalue weighted by atomic mass is 16.5. The fraction of sp³-hybridized carbons (Fsp3) is 0.316. The van der Waals surface area contributed by atoms with Gasteiger partial charge < -0.3 is 15.4 Å². The summed E-state index contributed by atoms with van der Waals surface area (Å²) in [6.45, 7) is 7.89. The summed E-state index contributed by atoms with van der Waals surface area (Å²) in [5.74, 6) is 0.0999. The number of anilines is 2. The van der Waals surface area contributed by atoms with Crippen molar-refractivity contribution >= 4 is 23.4 Å². The first-order chi connectivity index (χ1) is 11.8. The molecule has 0 unspecified atom stereocenters. The van der Waals surface area contributed by atoms with Crippen molar-refractivity contribution in [3.63, 3.8) is 0 Å². The van der Waals surface area contributed by atoms with Crippen molar-refractivity contribution in [2.24, 2.45) is 0 Å². The summed E-state index contributed by atoms with van der Waals surface area (Å²) < 4.78 is 4.95. The molecule has 2 aromatic rings. The molecule has 0 aliphatic carbocycles. The van der Waals surface area contributed by atoms with Crippen molar-refractivity contribution in [1.82, 2.24) is 10.3 Å². The Bertz CT molecular complexity index is 732. The normalized spacial score (nSPS) is 10.9. The van der Waals surface area contributed by atoms with Gasteiger partial charge in [-0.25, -0.2) is 9.78 Å². The van der Waals surface area contributed by atoms with Gasteiger partial charge in [0.05, 0.1) is 17.7 Å². The smallest absolute Gasteiger partial charge is 0.338 e. The summed E-state index contributed by atoms with van der Waals surface area (Å²) in [5, 5.41) is 6.01. The lowest BCUT2D eigenvalue weighted by atomic mass is 10.1. The van der Waals surface area contributed by atoms with Gasteiger partial charge in [0.1, 0.15) is 5.82 Å². The van der Waals surface area contributed by atoms with E-state index in [2.05, 4.69) is 15.6 Å². The Balaban J connectivity index is 2.01. The maximum atomic E-state index is 12.1. The topological polar surface area (TPSA) is 80.3 Å². The fourth-order valence-corrected chi connectivity index (χ4v) is 2.07. The zero-order valence-corrected chi connectivity index (χ0v) is 14.9. The van der Waals surface area contributed by atoms with E-state index < -0.39 is 0 Å². The molecule has 6 nitrogen and oxygen atoms in total. The number of esters is 1. The summed E-state index contributed by atoms with van der Waals surface area (Å²) in [6.07, 6.45) is 1.52. The van der Waals surface area contributed by atoms with Crippen LogP contribution in [0.4, 0.5) is 11.5 Å². The van der Waals surface area contributed by atoms with Crippen LogP contribution in [0.5, 0.6) is 0 Å². The molecule has 0 aliphatic rings. The first-order valence-electron chi connectivity index (χ1n) is 8.11. The third kappa shape index (κ3) is 5.60. The molecule has 6 heteroatoms. The predicted octanol–water partition coefficient (Wildman–Crippen LogP) is 3.53. The highest BCUT2D eigenvalue weighted by Crippen LogP contribution is 2.16. The zero-order chi connectivity index (χ0) is 18.4. The van der Waals surface area contributed by atoms with Gasteiger partial charge in [0.2, 0.25) is 0 Å². The van der Waals surface area contributed by atoms with Crippen molar-refractivity contribution < 1.29 is 14.3 Å². The van der Waals surface area contributed by atoms with E-state index in [4.69, 9.17) is 4.74 Å². The van der Waals surface area contributed by atoms with Crippen LogP contribution in [0.1, 0.15) is 48.4 Å². The summed E-state index contributed by atoms with van der Waals surface area (Å²) >= 11 is 0. The molecule has 1 aromatic heterocycles. The van der Waals surface area contributed by atoms with Gasteiger partial charge in [0.25, 0.3) is 5.91 Å². The molecular formula is C19H23N3O3. The molecule has 0 fully saturated rings. The number of amides is 1. The van der Waals surface area contributed by atoms with Crippen molar-refractivity contribution in [3.8, 4) is 0 Å². The molecule has 132 valence electrons. The third-order valence-corrected chi connectivity index (χ3v) is 3.18. The van der Waals surface area contributed by atoms with Crippen LogP contribution in [0.3, 0.4) is 0 Å². The van der Waals surface area contributed by atoms with Crippen molar-refractivity contribution in [3.05, 3.63) is 53.7 Å². The quantitative estimate of drug-likeness (QED) is 0.813. The van der Waals surface area contributed by atoms with Crippen molar-refractivity contribution in [2.45, 2.75) is 33.2 Å². The Morgan fingerprint density at radius 1 is 1.04 bits per heavy atom. The first kappa shape index (κ1) is 18.4. The number of hydrogen-bond acceptors (Lipinski definition) is 5. The summed E-state index contributed by atoms with van der Waals surface area (Å²) in [5.41, 5.74) is 1.48. The lowest BCUT2D eigenvalue weighted by Crippen LogP contribution is -2.40. The van der Waals surface area contributed by atoms with Crippen LogP contribution in [-0.2, 0) is 4.74 Å². The van der Waals surface area contributed by atoms with Crippen LogP contribution in [0.25, 0.3) is 0 Å². The molecule has 1 amide bonds. The van der Waals surface area contributed by atoms with Gasteiger partial charge in [0.15, 0.2) is 0 Å². The minimum Gasteiger partial charge on any atom is -0.462 e. The van der Waals surface area contributed by atoms with Gasteiger partial charge in [-0.1, -0.05) is 0 Å². The molecule has 0 saturated carbocycles. The van der Waals surface area contributed by atoms with E-state index in [-0.39, 0.29) is 17.4 Å². The summed E-state index contributed by atoms with van der Waals surface area (Å²) in [7, 11) is 0. The Kier molecular flexibility index (Phi) is 5.75. The monoisotopic (exact) mass is 341 g/mol. The first-order valence-corrected chi connectivity index (χ1v) is 8.11. The van der Waals surface area contributed by atoms with Crippen molar-refractivity contribution in [2.75, 3.05) is 11.9 Å². The summed E-state index contributed by atoms with van der Waals surface area (Å²) in [6, 6.07) is 10.4. The average Bonchev–Trinajstić information content (AvgIpc) is 2.55. The van der Waals surface area contributed by atoms with Crippen LogP contribution >= 0.6 is 0 Å². The SMILES string of the molecule is CCOC(=O)c1ccc(Nc2ccc(C(=O)NC(C)(C)C)cn2)cc1. The van der Waals surface area contributed by atoms with Gasteiger partial charge in [0, 0.05) is 17.4 Å². The molecular weight excluding hydrogens is 318 g/mol. The molecule has 0 aliphatic heterocycles. The molecule has 1 aromatic carbocycles. The zero-order valence-electron chi connectivity index (χ0n) is 14.9. The number of benzene rings is 1. The van der Waals surface area contributed by atoms with Gasteiger partial charge in [-0.3, -0.25) is 4.79 Å². The fourth-order valence-electron chi connectivity index (χ4n) is 2.07. The van der Waals surface area contributed by atoms with Crippen LogP contribution in [0.2, 0.25) is 0 Å². The van der Waals surface area contributed by atoms with Crippen LogP contribution in [0.15, 0.2) is 42.6 Å². The number of rotatable bonds is 5. The number of hydrogen-bond donors (Lipinski definition) is 2. The summed E-state index contributed by atoms with van der Waals surface area (Å²) in [4.78, 5) is 27.9. The Hall–Kier alpha value is -2.89. The van der Waals surface area contributed by atoms with E-state index in [0.29, 0.717) is 23.6 Å². The third-order valence-electron chi connectivity index (χ3n) is 3.18. The van der Waals surface area contributed by atoms with E-state index in [1.54, 1.807) is 43.3 Å². The lowest BCUT2D eigenvalue weighted by Gasteiger charge is -2.20. The maximum absolute atomic E-state index is 12.1. The second kappa shape index (κ2) is 7.79. The van der Waals surface area contributed by atoms with Crippen molar-refractivity contribution in [1.29, 1.82) is 0 Å². The molecule has 0 radical (unpaired) electrons. The van der Waals surface area contributed by atoms with Gasteiger partial charge in [-0.2, -0.15) is 0 Å². The number of carbonyl (C=O) groups is 2. The van der Waals surface area contributed by atoms with Gasteiger partial charge >= 0.3 is 5.97 Å². The Morgan fingerprint density at radius 3 is 2.20 bits per heavy atom. The lowest BCUT2D eigenvalue weighted by molar-refractivity contribution is 0.0526. The van der Waals surface area contributed by atoms with Crippen LogP contribution < -0.4 is 10.6 Å². The molecule has 25 heavy (non-hydrogen) atoms. The molecule has 2 N–H and O–H groups in total. The standard InChI is InChI=1S/C19H23N3O3/c1-5-25-18(24)13-6-9-15(10-7-13)21-16-11-8-14(12-20-16)17(23)22-19(2,3)4/h6-12H,5H2,1-4H3,(H,20,21)(H,22,23). The van der Waals surface area contributed by atoms with E-state index >= 15 is 0 Å². The second-order valence-corrected chi connectivity index (χ2v) is 6.56. The number of carbonyl (C=O) groups excluding carboxylic acids is 2. The molecule has 0 atom stereocenters. The highest BCUT2D eigenvalue weighted by molar-refractivity contribution is 5.94. The van der Waals surface area contributed by atoms with E-state index in [1.165, 1.54) is 6.20 Å². The Labute approximate surface area is 147 Å². The predicted molar refractivity (Wildman–Crippen MR) is 97.1 cm³/mol. The van der Waals surface area contributed by atoms with E-state index in [1.807, 2.05) is 20.8 Å². The number of nitrogens with one attached hydrogen (secondary N) is 2. The van der Waals surface area contributed by atoms with E-state index in [9.17, 15) is 9.59 Å². The van der Waals surface area contributed by atoms with Crippen LogP contribution in [0, 0.1) is 0 Å². The molecule has 1 heterocycles. The number of aromatic nitrogens is 1. The largest absolute Gasteiger partial charge is 0.462 e. The Morgan fingerprint density at radius 2 is 1.68 bits per heavy atom. The minimum absolute atomic E-state index is 0.162. The maximum Gasteiger partial charge on any atom is 0.338 e. The second-order valence-electron chi connectivity index (χ2n) is 6.56.